The maximum Gasteiger partial charge on any atom is 0.408 e. The van der Waals surface area contributed by atoms with E-state index in [1.54, 1.807) is 37.3 Å². The molecule has 7 heteroatoms. The monoisotopic (exact) mass is 295 g/mol. The molecule has 7 nitrogen and oxygen atoms in total. The number of benzene rings is 1. The average Bonchev–Trinajstić information content (AvgIpc) is 2.47. The van der Waals surface area contributed by atoms with E-state index in [9.17, 15) is 19.5 Å². The van der Waals surface area contributed by atoms with Crippen molar-refractivity contribution in [2.24, 2.45) is 0 Å². The zero-order chi connectivity index (χ0) is 15.9. The Kier molecular flexibility index (Phi) is 5.71. The standard InChI is InChI=1S/C14H17NO6/c1-3-21-12(18)14(11(16)17,15-13(19)20-2)9-10-7-5-4-6-8-10/h4-8H,3,9H2,1-2H3,(H,15,19)(H,16,17)/t14-/m0/s1. The van der Waals surface area contributed by atoms with E-state index < -0.39 is 23.6 Å². The van der Waals surface area contributed by atoms with Crippen LogP contribution in [0.2, 0.25) is 0 Å². The third-order valence-electron chi connectivity index (χ3n) is 2.80. The molecule has 0 aromatic heterocycles. The molecule has 1 amide bonds. The van der Waals surface area contributed by atoms with E-state index in [-0.39, 0.29) is 13.0 Å². The summed E-state index contributed by atoms with van der Waals surface area (Å²) in [7, 11) is 1.08. The minimum Gasteiger partial charge on any atom is -0.479 e. The van der Waals surface area contributed by atoms with Crippen molar-refractivity contribution >= 4 is 18.0 Å². The first-order valence-corrected chi connectivity index (χ1v) is 6.27. The smallest absolute Gasteiger partial charge is 0.408 e. The normalized spacial score (nSPS) is 12.9. The number of nitrogens with one attached hydrogen (secondary N) is 1. The van der Waals surface area contributed by atoms with Crippen molar-refractivity contribution in [2.45, 2.75) is 18.9 Å². The van der Waals surface area contributed by atoms with Gasteiger partial charge in [-0.05, 0) is 12.5 Å². The van der Waals surface area contributed by atoms with E-state index in [2.05, 4.69) is 10.1 Å². The van der Waals surface area contributed by atoms with Crippen molar-refractivity contribution < 1.29 is 29.0 Å². The molecule has 0 unspecified atom stereocenters. The highest BCUT2D eigenvalue weighted by Gasteiger charge is 2.49. The Bertz CT molecular complexity index is 515. The van der Waals surface area contributed by atoms with Crippen LogP contribution in [-0.4, -0.2) is 42.4 Å². The first-order chi connectivity index (χ1) is 9.96. The number of carboxylic acids is 1. The molecule has 0 radical (unpaired) electrons. The minimum absolute atomic E-state index is 0.00843. The highest BCUT2D eigenvalue weighted by atomic mass is 16.6. The van der Waals surface area contributed by atoms with Gasteiger partial charge in [0.15, 0.2) is 0 Å². The molecule has 2 N–H and O–H groups in total. The number of alkyl carbamates (subject to hydrolysis) is 1. The van der Waals surface area contributed by atoms with Gasteiger partial charge in [0, 0.05) is 6.42 Å². The van der Waals surface area contributed by atoms with Gasteiger partial charge >= 0.3 is 18.0 Å². The molecule has 0 saturated heterocycles. The van der Waals surface area contributed by atoms with Gasteiger partial charge in [0.2, 0.25) is 5.54 Å². The molecule has 0 spiro atoms. The second-order valence-electron chi connectivity index (χ2n) is 4.21. The Hall–Kier alpha value is -2.57. The van der Waals surface area contributed by atoms with Crippen LogP contribution in [0.3, 0.4) is 0 Å². The number of ether oxygens (including phenoxy) is 2. The molecule has 0 aliphatic heterocycles. The van der Waals surface area contributed by atoms with E-state index in [0.29, 0.717) is 5.56 Å². The van der Waals surface area contributed by atoms with E-state index in [0.717, 1.165) is 7.11 Å². The molecule has 0 aliphatic carbocycles. The maximum absolute atomic E-state index is 12.1. The van der Waals surface area contributed by atoms with E-state index in [1.165, 1.54) is 0 Å². The lowest BCUT2D eigenvalue weighted by atomic mass is 9.91. The van der Waals surface area contributed by atoms with Crippen LogP contribution in [0.1, 0.15) is 12.5 Å². The third-order valence-corrected chi connectivity index (χ3v) is 2.80. The van der Waals surface area contributed by atoms with Crippen LogP contribution in [0, 0.1) is 0 Å². The number of amides is 1. The van der Waals surface area contributed by atoms with Gasteiger partial charge in [-0.15, -0.1) is 0 Å². The predicted molar refractivity (Wildman–Crippen MR) is 72.7 cm³/mol. The van der Waals surface area contributed by atoms with Crippen LogP contribution >= 0.6 is 0 Å². The summed E-state index contributed by atoms with van der Waals surface area (Å²) < 4.78 is 9.20. The lowest BCUT2D eigenvalue weighted by molar-refractivity contribution is -0.162. The van der Waals surface area contributed by atoms with Gasteiger partial charge in [-0.25, -0.2) is 14.4 Å². The van der Waals surface area contributed by atoms with Gasteiger partial charge in [0.25, 0.3) is 0 Å². The van der Waals surface area contributed by atoms with Crippen LogP contribution in [0.15, 0.2) is 30.3 Å². The van der Waals surface area contributed by atoms with Crippen molar-refractivity contribution in [1.82, 2.24) is 5.32 Å². The predicted octanol–water partition coefficient (Wildman–Crippen LogP) is 0.972. The molecule has 0 aliphatic rings. The molecular formula is C14H17NO6. The van der Waals surface area contributed by atoms with E-state index in [1.807, 2.05) is 0 Å². The van der Waals surface area contributed by atoms with Crippen molar-refractivity contribution in [3.63, 3.8) is 0 Å². The number of carbonyl (C=O) groups excluding carboxylic acids is 2. The fourth-order valence-electron chi connectivity index (χ4n) is 1.77. The van der Waals surface area contributed by atoms with Crippen molar-refractivity contribution in [3.05, 3.63) is 35.9 Å². The first-order valence-electron chi connectivity index (χ1n) is 6.27. The topological polar surface area (TPSA) is 102 Å². The fourth-order valence-corrected chi connectivity index (χ4v) is 1.77. The number of hydrogen-bond acceptors (Lipinski definition) is 5. The summed E-state index contributed by atoms with van der Waals surface area (Å²) in [4.78, 5) is 35.1. The summed E-state index contributed by atoms with van der Waals surface area (Å²) in [5.41, 5.74) is -1.67. The molecule has 0 saturated carbocycles. The molecule has 1 aromatic rings. The zero-order valence-corrected chi connectivity index (χ0v) is 11.8. The van der Waals surface area contributed by atoms with Crippen molar-refractivity contribution in [3.8, 4) is 0 Å². The van der Waals surface area contributed by atoms with Crippen LogP contribution in [0.25, 0.3) is 0 Å². The SMILES string of the molecule is CCOC(=O)[C@@](Cc1ccccc1)(NC(=O)OC)C(=O)O. The fraction of sp³-hybridized carbons (Fsp3) is 0.357. The molecule has 1 atom stereocenters. The lowest BCUT2D eigenvalue weighted by Gasteiger charge is -2.27. The highest BCUT2D eigenvalue weighted by molar-refractivity contribution is 6.06. The number of methoxy groups -OCH3 is 1. The molecule has 1 aromatic carbocycles. The van der Waals surface area contributed by atoms with Gasteiger partial charge in [-0.2, -0.15) is 0 Å². The summed E-state index contributed by atoms with van der Waals surface area (Å²) in [6.07, 6.45) is -1.28. The van der Waals surface area contributed by atoms with Crippen LogP contribution in [0.4, 0.5) is 4.79 Å². The summed E-state index contributed by atoms with van der Waals surface area (Å²) in [5.74, 6) is -2.57. The minimum atomic E-state index is -2.23. The lowest BCUT2D eigenvalue weighted by Crippen LogP contribution is -2.62. The molecule has 0 heterocycles. The maximum atomic E-state index is 12.1. The quantitative estimate of drug-likeness (QED) is 0.599. The van der Waals surface area contributed by atoms with Gasteiger partial charge in [-0.1, -0.05) is 30.3 Å². The van der Waals surface area contributed by atoms with Crippen LogP contribution in [0.5, 0.6) is 0 Å². The number of rotatable bonds is 6. The second-order valence-corrected chi connectivity index (χ2v) is 4.21. The van der Waals surface area contributed by atoms with Gasteiger partial charge in [0.05, 0.1) is 13.7 Å². The number of aliphatic carboxylic acids is 1. The number of carbonyl (C=O) groups is 3. The van der Waals surface area contributed by atoms with Crippen molar-refractivity contribution in [1.29, 1.82) is 0 Å². The molecule has 1 rings (SSSR count). The molecular weight excluding hydrogens is 278 g/mol. The third kappa shape index (κ3) is 3.95. The number of carboxylic acid groups (broad SMARTS) is 1. The molecule has 0 fully saturated rings. The largest absolute Gasteiger partial charge is 0.479 e. The zero-order valence-electron chi connectivity index (χ0n) is 11.8. The second kappa shape index (κ2) is 7.28. The van der Waals surface area contributed by atoms with Crippen molar-refractivity contribution in [2.75, 3.05) is 13.7 Å². The number of hydrogen-bond donors (Lipinski definition) is 2. The van der Waals surface area contributed by atoms with E-state index >= 15 is 0 Å². The molecule has 21 heavy (non-hydrogen) atoms. The summed E-state index contributed by atoms with van der Waals surface area (Å²) in [6, 6.07) is 8.45. The Morgan fingerprint density at radius 3 is 2.33 bits per heavy atom. The Labute approximate surface area is 121 Å². The summed E-state index contributed by atoms with van der Waals surface area (Å²) >= 11 is 0. The van der Waals surface area contributed by atoms with Gasteiger partial charge in [-0.3, -0.25) is 5.32 Å². The molecule has 0 bridgehead atoms. The first kappa shape index (κ1) is 16.5. The van der Waals surface area contributed by atoms with Gasteiger partial charge < -0.3 is 14.6 Å². The Balaban J connectivity index is 3.19. The van der Waals surface area contributed by atoms with Crippen LogP contribution < -0.4 is 5.32 Å². The molecule has 114 valence electrons. The Morgan fingerprint density at radius 2 is 1.86 bits per heavy atom. The van der Waals surface area contributed by atoms with Crippen LogP contribution in [-0.2, 0) is 25.5 Å². The summed E-state index contributed by atoms with van der Waals surface area (Å²) in [6.45, 7) is 1.54. The Morgan fingerprint density at radius 1 is 1.24 bits per heavy atom. The average molecular weight is 295 g/mol. The van der Waals surface area contributed by atoms with E-state index in [4.69, 9.17) is 4.74 Å². The number of esters is 1. The highest BCUT2D eigenvalue weighted by Crippen LogP contribution is 2.17. The van der Waals surface area contributed by atoms with Gasteiger partial charge in [0.1, 0.15) is 0 Å². The summed E-state index contributed by atoms with van der Waals surface area (Å²) in [5, 5.41) is 11.5.